The smallest absolute Gasteiger partial charge is 0.130 e. The number of hydrogen-bond donors (Lipinski definition) is 0. The van der Waals surface area contributed by atoms with Gasteiger partial charge in [-0.2, -0.15) is 0 Å². The van der Waals surface area contributed by atoms with Gasteiger partial charge < -0.3 is 4.52 Å². The quantitative estimate of drug-likeness (QED) is 0.175. The van der Waals surface area contributed by atoms with Gasteiger partial charge in [0, 0.05) is 5.56 Å². The van der Waals surface area contributed by atoms with Crippen LogP contribution in [0.5, 0.6) is 5.75 Å². The van der Waals surface area contributed by atoms with Gasteiger partial charge in [0.05, 0.1) is 0 Å². The summed E-state index contributed by atoms with van der Waals surface area (Å²) in [5, 5.41) is 1.35. The Morgan fingerprint density at radius 1 is 0.612 bits per heavy atom. The van der Waals surface area contributed by atoms with Crippen LogP contribution in [0.25, 0.3) is 39.0 Å². The van der Waals surface area contributed by atoms with E-state index in [1.165, 1.54) is 62.3 Å². The molecular formula is C46H42FOP. The van der Waals surface area contributed by atoms with E-state index in [2.05, 4.69) is 118 Å². The van der Waals surface area contributed by atoms with Crippen molar-refractivity contribution in [1.82, 2.24) is 0 Å². The highest BCUT2D eigenvalue weighted by Crippen LogP contribution is 2.49. The van der Waals surface area contributed by atoms with Crippen LogP contribution >= 0.6 is 8.81 Å². The molecule has 1 heterocycles. The van der Waals surface area contributed by atoms with Crippen molar-refractivity contribution in [3.05, 3.63) is 166 Å². The number of aryl methyl sites for hydroxylation is 1. The van der Waals surface area contributed by atoms with Crippen LogP contribution in [0.1, 0.15) is 79.8 Å². The number of benzene rings is 5. The molecule has 0 amide bonds. The van der Waals surface area contributed by atoms with Crippen LogP contribution in [0.3, 0.4) is 0 Å². The van der Waals surface area contributed by atoms with Crippen molar-refractivity contribution >= 4 is 25.5 Å². The second-order valence-electron chi connectivity index (χ2n) is 14.6. The number of halogens is 1. The summed E-state index contributed by atoms with van der Waals surface area (Å²) in [7, 11) is 0.222. The summed E-state index contributed by atoms with van der Waals surface area (Å²) in [5.74, 6) is 0.716. The maximum atomic E-state index is 14.6. The van der Waals surface area contributed by atoms with Crippen molar-refractivity contribution in [2.24, 2.45) is 0 Å². The third kappa shape index (κ3) is 6.24. The zero-order valence-electron chi connectivity index (χ0n) is 28.6. The molecule has 3 aliphatic rings. The van der Waals surface area contributed by atoms with Gasteiger partial charge >= 0.3 is 0 Å². The van der Waals surface area contributed by atoms with Gasteiger partial charge in [0.25, 0.3) is 0 Å². The van der Waals surface area contributed by atoms with Gasteiger partial charge in [-0.05, 0) is 140 Å². The number of rotatable bonds is 3. The molecule has 0 aromatic heterocycles. The minimum absolute atomic E-state index is 0.0731. The molecule has 0 spiro atoms. The van der Waals surface area contributed by atoms with Gasteiger partial charge in [-0.25, -0.2) is 4.39 Å². The molecule has 2 bridgehead atoms. The lowest BCUT2D eigenvalue weighted by Crippen LogP contribution is -2.12. The molecule has 1 atom stereocenters. The molecule has 0 N–H and O–H groups in total. The molecule has 0 saturated carbocycles. The van der Waals surface area contributed by atoms with E-state index in [1.807, 2.05) is 6.07 Å². The molecule has 3 heteroatoms. The van der Waals surface area contributed by atoms with Crippen molar-refractivity contribution < 1.29 is 8.91 Å². The van der Waals surface area contributed by atoms with E-state index in [0.29, 0.717) is 0 Å². The molecule has 49 heavy (non-hydrogen) atoms. The molecule has 2 aliphatic carbocycles. The van der Waals surface area contributed by atoms with E-state index in [9.17, 15) is 4.39 Å². The zero-order valence-corrected chi connectivity index (χ0v) is 29.6. The summed E-state index contributed by atoms with van der Waals surface area (Å²) in [6.45, 7) is 6.92. The summed E-state index contributed by atoms with van der Waals surface area (Å²) in [4.78, 5) is 0. The highest BCUT2D eigenvalue weighted by molar-refractivity contribution is 7.38. The van der Waals surface area contributed by atoms with E-state index in [0.717, 1.165) is 65.7 Å². The fourth-order valence-electron chi connectivity index (χ4n) is 7.72. The van der Waals surface area contributed by atoms with Crippen LogP contribution in [0, 0.1) is 5.82 Å². The molecule has 1 unspecified atom stereocenters. The Balaban J connectivity index is 1.38. The molecule has 1 nitrogen and oxygen atoms in total. The topological polar surface area (TPSA) is 9.23 Å². The van der Waals surface area contributed by atoms with Crippen LogP contribution in [0.2, 0.25) is 0 Å². The molecule has 1 aliphatic heterocycles. The predicted octanol–water partition coefficient (Wildman–Crippen LogP) is 13.0. The van der Waals surface area contributed by atoms with Crippen LogP contribution in [-0.4, -0.2) is 0 Å². The van der Waals surface area contributed by atoms with Gasteiger partial charge in [0.15, 0.2) is 0 Å². The van der Waals surface area contributed by atoms with E-state index < -0.39 is 0 Å². The lowest BCUT2D eigenvalue weighted by atomic mass is 9.79. The number of para-hydroxylation sites is 1. The summed E-state index contributed by atoms with van der Waals surface area (Å²) in [6, 6.07) is 38.0. The molecule has 0 radical (unpaired) electrons. The minimum Gasteiger partial charge on any atom is -0.472 e. The second kappa shape index (κ2) is 13.1. The average Bonchev–Trinajstić information content (AvgIpc) is 3.08. The molecule has 0 saturated heterocycles. The first-order valence-electron chi connectivity index (χ1n) is 17.6. The minimum atomic E-state index is -0.225. The largest absolute Gasteiger partial charge is 0.472 e. The molecular weight excluding hydrogens is 618 g/mol. The zero-order chi connectivity index (χ0) is 33.5. The van der Waals surface area contributed by atoms with Gasteiger partial charge in [0.2, 0.25) is 0 Å². The third-order valence-corrected chi connectivity index (χ3v) is 11.4. The van der Waals surface area contributed by atoms with E-state index in [1.54, 1.807) is 12.1 Å². The molecule has 244 valence electrons. The number of allylic oxidation sites excluding steroid dienone is 6. The van der Waals surface area contributed by atoms with Crippen molar-refractivity contribution in [3.63, 3.8) is 0 Å². The monoisotopic (exact) mass is 660 g/mol. The fourth-order valence-corrected chi connectivity index (χ4v) is 8.68. The first kappa shape index (κ1) is 31.7. The first-order valence-corrected chi connectivity index (χ1v) is 18.5. The summed E-state index contributed by atoms with van der Waals surface area (Å²) >= 11 is 0. The molecule has 5 aromatic rings. The molecule has 5 aromatic carbocycles. The van der Waals surface area contributed by atoms with Crippen molar-refractivity contribution in [3.8, 4) is 28.0 Å². The summed E-state index contributed by atoms with van der Waals surface area (Å²) in [6.07, 6.45) is 11.1. The summed E-state index contributed by atoms with van der Waals surface area (Å²) < 4.78 is 21.2. The number of hydrogen-bond acceptors (Lipinski definition) is 1. The van der Waals surface area contributed by atoms with Gasteiger partial charge in [0.1, 0.15) is 20.4 Å². The maximum Gasteiger partial charge on any atom is 0.130 e. The lowest BCUT2D eigenvalue weighted by molar-refractivity contribution is 0.590. The summed E-state index contributed by atoms with van der Waals surface area (Å²) in [5.41, 5.74) is 16.2. The standard InChI is InChI=1S/C46H42FOP/c1-46(2,3)34-24-22-30-12-4-5-18-39-40(42(30)29-34)19-11-20-41(39)43-28-33(37-16-7-6-15-36(37)31-13-10-14-35(47)27-31)26-32-23-25-45(43)49-48-44-21-9-8-17-38(32)44/h6-11,13-17,19-22,24,26-29,49H,4-5,12,18,23,25H2,1-3H3/b32-26+,33-28?,45-43?. The Morgan fingerprint density at radius 3 is 2.18 bits per heavy atom. The van der Waals surface area contributed by atoms with E-state index >= 15 is 0 Å². The third-order valence-electron chi connectivity index (χ3n) is 10.3. The van der Waals surface area contributed by atoms with Gasteiger partial charge in [-0.1, -0.05) is 118 Å². The molecule has 8 rings (SSSR count). The maximum absolute atomic E-state index is 14.6. The highest BCUT2D eigenvalue weighted by Gasteiger charge is 2.25. The van der Waals surface area contributed by atoms with Crippen LogP contribution in [0.4, 0.5) is 4.39 Å². The van der Waals surface area contributed by atoms with Crippen molar-refractivity contribution in [2.75, 3.05) is 0 Å². The van der Waals surface area contributed by atoms with Gasteiger partial charge in [-0.15, -0.1) is 0 Å². The van der Waals surface area contributed by atoms with Crippen molar-refractivity contribution in [1.29, 1.82) is 0 Å². The SMILES string of the molecule is CC(C)(C)c1ccc2c(c1)-c1cccc(C3=C4CC/C(=C\C(c5ccccc5-c5cccc(F)c5)=C3)c3ccccc3OP4)c1CCCC2. The Kier molecular flexibility index (Phi) is 8.46. The first-order chi connectivity index (χ1) is 23.8. The lowest BCUT2D eigenvalue weighted by Gasteiger charge is -2.27. The van der Waals surface area contributed by atoms with Gasteiger partial charge in [-0.3, -0.25) is 0 Å². The highest BCUT2D eigenvalue weighted by atomic mass is 31.1. The van der Waals surface area contributed by atoms with E-state index in [-0.39, 0.29) is 20.0 Å². The number of fused-ring (bicyclic) bond motifs is 8. The Morgan fingerprint density at radius 2 is 1.35 bits per heavy atom. The predicted molar refractivity (Wildman–Crippen MR) is 207 cm³/mol. The average molecular weight is 661 g/mol. The van der Waals surface area contributed by atoms with E-state index in [4.69, 9.17) is 4.52 Å². The Bertz CT molecular complexity index is 2180. The normalized spacial score (nSPS) is 17.5. The van der Waals surface area contributed by atoms with Crippen molar-refractivity contribution in [2.45, 2.75) is 64.7 Å². The molecule has 0 fully saturated rings. The fraction of sp³-hybridized carbons (Fsp3) is 0.217. The van der Waals surface area contributed by atoms with Crippen LogP contribution in [-0.2, 0) is 18.3 Å². The Hall–Kier alpha value is -4.52. The Labute approximate surface area is 292 Å². The van der Waals surface area contributed by atoms with Crippen LogP contribution in [0.15, 0.2) is 127 Å². The van der Waals surface area contributed by atoms with Crippen LogP contribution < -0.4 is 4.52 Å². The second-order valence-corrected chi connectivity index (χ2v) is 15.6.